The fraction of sp³-hybridized carbons (Fsp3) is 0.278. The molecular weight excluding hydrogens is 322 g/mol. The first kappa shape index (κ1) is 18.3. The van der Waals surface area contributed by atoms with Crippen LogP contribution in [0.25, 0.3) is 0 Å². The lowest BCUT2D eigenvalue weighted by molar-refractivity contribution is -0.385. The van der Waals surface area contributed by atoms with E-state index < -0.39 is 4.92 Å². The van der Waals surface area contributed by atoms with Gasteiger partial charge < -0.3 is 15.3 Å². The highest BCUT2D eigenvalue weighted by molar-refractivity contribution is 5.91. The number of nitrogens with zero attached hydrogens (tertiary/aromatic N) is 2. The fourth-order valence-electron chi connectivity index (χ4n) is 2.70. The summed E-state index contributed by atoms with van der Waals surface area (Å²) in [5, 5.41) is 23.4. The van der Waals surface area contributed by atoms with Gasteiger partial charge in [0.25, 0.3) is 5.69 Å². The number of nitro groups is 1. The largest absolute Gasteiger partial charge is 0.508 e. The summed E-state index contributed by atoms with van der Waals surface area (Å²) in [6.45, 7) is 5.75. The van der Waals surface area contributed by atoms with Gasteiger partial charge in [-0.1, -0.05) is 18.2 Å². The quantitative estimate of drug-likeness (QED) is 0.627. The minimum atomic E-state index is -0.474. The Morgan fingerprint density at radius 1 is 1.32 bits per heavy atom. The Morgan fingerprint density at radius 2 is 2.00 bits per heavy atom. The zero-order valence-electron chi connectivity index (χ0n) is 14.4. The van der Waals surface area contributed by atoms with E-state index in [0.29, 0.717) is 17.8 Å². The van der Waals surface area contributed by atoms with E-state index in [-0.39, 0.29) is 23.5 Å². The highest BCUT2D eigenvalue weighted by Crippen LogP contribution is 2.27. The highest BCUT2D eigenvalue weighted by Gasteiger charge is 2.22. The lowest BCUT2D eigenvalue weighted by Gasteiger charge is -2.29. The van der Waals surface area contributed by atoms with Gasteiger partial charge in [-0.2, -0.15) is 0 Å². The molecule has 0 aliphatic heterocycles. The minimum absolute atomic E-state index is 0.0399. The number of hydrogen-bond donors (Lipinski definition) is 2. The van der Waals surface area contributed by atoms with E-state index in [4.69, 9.17) is 0 Å². The lowest BCUT2D eigenvalue weighted by Crippen LogP contribution is -2.37. The van der Waals surface area contributed by atoms with E-state index in [9.17, 15) is 20.0 Å². The summed E-state index contributed by atoms with van der Waals surface area (Å²) in [5.74, 6) is 0.135. The third kappa shape index (κ3) is 4.06. The zero-order chi connectivity index (χ0) is 18.6. The third-order valence-corrected chi connectivity index (χ3v) is 4.17. The predicted molar refractivity (Wildman–Crippen MR) is 95.8 cm³/mol. The van der Waals surface area contributed by atoms with E-state index in [2.05, 4.69) is 5.32 Å². The summed E-state index contributed by atoms with van der Waals surface area (Å²) in [6, 6.07) is 10.7. The summed E-state index contributed by atoms with van der Waals surface area (Å²) >= 11 is 0. The number of anilines is 1. The summed E-state index contributed by atoms with van der Waals surface area (Å²) in [7, 11) is 0. The number of nitro benzene ring substituents is 1. The van der Waals surface area contributed by atoms with Gasteiger partial charge in [0.05, 0.1) is 22.2 Å². The number of rotatable bonds is 5. The molecule has 0 unspecified atom stereocenters. The van der Waals surface area contributed by atoms with Crippen molar-refractivity contribution in [3.63, 3.8) is 0 Å². The maximum absolute atomic E-state index is 12.7. The normalized spacial score (nSPS) is 11.6. The molecule has 25 heavy (non-hydrogen) atoms. The molecule has 0 bridgehead atoms. The molecular formula is C18H21N3O4. The Hall–Kier alpha value is -3.09. The van der Waals surface area contributed by atoms with Crippen LogP contribution in [-0.2, 0) is 0 Å². The number of amides is 2. The minimum Gasteiger partial charge on any atom is -0.508 e. The second kappa shape index (κ2) is 7.65. The molecule has 0 spiro atoms. The summed E-state index contributed by atoms with van der Waals surface area (Å²) < 4.78 is 0. The topological polar surface area (TPSA) is 95.7 Å². The molecule has 0 saturated carbocycles. The van der Waals surface area contributed by atoms with Crippen molar-refractivity contribution in [1.29, 1.82) is 0 Å². The van der Waals surface area contributed by atoms with Crippen molar-refractivity contribution in [2.75, 3.05) is 11.9 Å². The van der Waals surface area contributed by atoms with Crippen molar-refractivity contribution in [2.24, 2.45) is 0 Å². The van der Waals surface area contributed by atoms with Crippen LogP contribution >= 0.6 is 0 Å². The molecule has 0 fully saturated rings. The molecule has 132 valence electrons. The van der Waals surface area contributed by atoms with E-state index in [1.54, 1.807) is 36.1 Å². The number of aromatic hydroxyl groups is 1. The SMILES string of the molecule is CCN(C(=O)Nc1cccc([N+](=O)[O-])c1C)[C@@H](C)c1cccc(O)c1. The van der Waals surface area contributed by atoms with Crippen LogP contribution in [0.4, 0.5) is 16.2 Å². The third-order valence-electron chi connectivity index (χ3n) is 4.17. The van der Waals surface area contributed by atoms with Crippen LogP contribution < -0.4 is 5.32 Å². The van der Waals surface area contributed by atoms with Crippen molar-refractivity contribution in [3.05, 3.63) is 63.7 Å². The van der Waals surface area contributed by atoms with Crippen molar-refractivity contribution in [3.8, 4) is 5.75 Å². The first-order valence-corrected chi connectivity index (χ1v) is 7.95. The number of nitrogens with one attached hydrogen (secondary N) is 1. The number of urea groups is 1. The molecule has 0 radical (unpaired) electrons. The first-order chi connectivity index (χ1) is 11.8. The van der Waals surface area contributed by atoms with Crippen molar-refractivity contribution >= 4 is 17.4 Å². The average Bonchev–Trinajstić information content (AvgIpc) is 2.57. The van der Waals surface area contributed by atoms with Crippen LogP contribution in [0.5, 0.6) is 5.75 Å². The van der Waals surface area contributed by atoms with Gasteiger partial charge in [-0.3, -0.25) is 10.1 Å². The Labute approximate surface area is 146 Å². The second-order valence-corrected chi connectivity index (χ2v) is 5.69. The summed E-state index contributed by atoms with van der Waals surface area (Å²) in [6.07, 6.45) is 0. The van der Waals surface area contributed by atoms with Crippen LogP contribution in [0.1, 0.15) is 31.0 Å². The molecule has 0 aliphatic carbocycles. The fourth-order valence-corrected chi connectivity index (χ4v) is 2.70. The molecule has 0 aliphatic rings. The van der Waals surface area contributed by atoms with Crippen LogP contribution in [0.15, 0.2) is 42.5 Å². The molecule has 2 amide bonds. The van der Waals surface area contributed by atoms with Crippen molar-refractivity contribution in [2.45, 2.75) is 26.8 Å². The lowest BCUT2D eigenvalue weighted by atomic mass is 10.1. The van der Waals surface area contributed by atoms with E-state index in [0.717, 1.165) is 5.56 Å². The zero-order valence-corrected chi connectivity index (χ0v) is 14.4. The van der Waals surface area contributed by atoms with Gasteiger partial charge in [-0.15, -0.1) is 0 Å². The Kier molecular flexibility index (Phi) is 5.59. The maximum atomic E-state index is 12.7. The van der Waals surface area contributed by atoms with Crippen LogP contribution in [-0.4, -0.2) is 27.5 Å². The average molecular weight is 343 g/mol. The Balaban J connectivity index is 2.23. The molecule has 0 saturated heterocycles. The van der Waals surface area contributed by atoms with E-state index in [1.165, 1.54) is 12.1 Å². The molecule has 0 heterocycles. The van der Waals surface area contributed by atoms with Gasteiger partial charge in [0.15, 0.2) is 0 Å². The monoisotopic (exact) mass is 343 g/mol. The van der Waals surface area contributed by atoms with E-state index >= 15 is 0 Å². The smallest absolute Gasteiger partial charge is 0.322 e. The summed E-state index contributed by atoms with van der Waals surface area (Å²) in [5.41, 5.74) is 1.57. The first-order valence-electron chi connectivity index (χ1n) is 7.95. The van der Waals surface area contributed by atoms with Crippen LogP contribution in [0, 0.1) is 17.0 Å². The number of carbonyl (C=O) groups excluding carboxylic acids is 1. The molecule has 7 heteroatoms. The molecule has 7 nitrogen and oxygen atoms in total. The summed E-state index contributed by atoms with van der Waals surface area (Å²) in [4.78, 5) is 24.8. The molecule has 2 aromatic rings. The number of hydrogen-bond acceptors (Lipinski definition) is 4. The number of carbonyl (C=O) groups is 1. The number of benzene rings is 2. The van der Waals surface area contributed by atoms with Gasteiger partial charge in [0.2, 0.25) is 0 Å². The predicted octanol–water partition coefficient (Wildman–Crippen LogP) is 4.22. The van der Waals surface area contributed by atoms with Crippen LogP contribution in [0.3, 0.4) is 0 Å². The standard InChI is InChI=1S/C18H21N3O4/c1-4-20(13(3)14-7-5-8-15(22)11-14)18(23)19-16-9-6-10-17(12(16)2)21(24)25/h5-11,13,22H,4H2,1-3H3,(H,19,23)/t13-/m0/s1. The van der Waals surface area contributed by atoms with Gasteiger partial charge in [0.1, 0.15) is 5.75 Å². The molecule has 0 aromatic heterocycles. The molecule has 1 atom stereocenters. The number of phenols is 1. The second-order valence-electron chi connectivity index (χ2n) is 5.69. The maximum Gasteiger partial charge on any atom is 0.322 e. The van der Waals surface area contributed by atoms with Crippen molar-refractivity contribution < 1.29 is 14.8 Å². The van der Waals surface area contributed by atoms with Gasteiger partial charge in [0, 0.05) is 12.6 Å². The Morgan fingerprint density at radius 3 is 2.60 bits per heavy atom. The Bertz CT molecular complexity index is 792. The molecule has 2 N–H and O–H groups in total. The number of phenolic OH excluding ortho intramolecular Hbond substituents is 1. The van der Waals surface area contributed by atoms with Crippen molar-refractivity contribution in [1.82, 2.24) is 4.90 Å². The van der Waals surface area contributed by atoms with Crippen LogP contribution in [0.2, 0.25) is 0 Å². The highest BCUT2D eigenvalue weighted by atomic mass is 16.6. The van der Waals surface area contributed by atoms with Gasteiger partial charge in [-0.05, 0) is 44.5 Å². The van der Waals surface area contributed by atoms with Gasteiger partial charge in [-0.25, -0.2) is 4.79 Å². The van der Waals surface area contributed by atoms with E-state index in [1.807, 2.05) is 19.9 Å². The molecule has 2 rings (SSSR count). The molecule has 2 aromatic carbocycles. The van der Waals surface area contributed by atoms with Gasteiger partial charge >= 0.3 is 6.03 Å².